The lowest BCUT2D eigenvalue weighted by molar-refractivity contribution is 0.240. The number of rotatable bonds is 6. The number of hydrogen-bond acceptors (Lipinski definition) is 4. The smallest absolute Gasteiger partial charge is 0.146 e. The number of aryl methyl sites for hydroxylation is 1. The molecule has 1 aliphatic rings. The molecule has 25 heavy (non-hydrogen) atoms. The highest BCUT2D eigenvalue weighted by Gasteiger charge is 2.27. The van der Waals surface area contributed by atoms with E-state index in [1.54, 1.807) is 6.20 Å². The van der Waals surface area contributed by atoms with Crippen LogP contribution in [0.2, 0.25) is 0 Å². The van der Waals surface area contributed by atoms with E-state index < -0.39 is 0 Å². The Morgan fingerprint density at radius 2 is 2.08 bits per heavy atom. The second-order valence-electron chi connectivity index (χ2n) is 6.49. The molecule has 1 atom stereocenters. The molecule has 4 rings (SSSR count). The SMILES string of the molecule is Cn1ccnc1COc1ccc(CN2CCCC2c2ncc[nH]2)cc1. The zero-order valence-corrected chi connectivity index (χ0v) is 14.4. The van der Waals surface area contributed by atoms with Crippen LogP contribution in [0.25, 0.3) is 0 Å². The van der Waals surface area contributed by atoms with Crippen LogP contribution in [-0.4, -0.2) is 31.0 Å². The summed E-state index contributed by atoms with van der Waals surface area (Å²) in [5, 5.41) is 0. The first kappa shape index (κ1) is 15.9. The summed E-state index contributed by atoms with van der Waals surface area (Å²) >= 11 is 0. The minimum atomic E-state index is 0.398. The fraction of sp³-hybridized carbons (Fsp3) is 0.368. The van der Waals surface area contributed by atoms with Crippen molar-refractivity contribution < 1.29 is 4.74 Å². The first-order valence-electron chi connectivity index (χ1n) is 8.71. The first-order valence-corrected chi connectivity index (χ1v) is 8.71. The van der Waals surface area contributed by atoms with E-state index >= 15 is 0 Å². The van der Waals surface area contributed by atoms with Crippen molar-refractivity contribution in [2.75, 3.05) is 6.54 Å². The van der Waals surface area contributed by atoms with Crippen molar-refractivity contribution in [1.82, 2.24) is 24.4 Å². The van der Waals surface area contributed by atoms with Gasteiger partial charge >= 0.3 is 0 Å². The summed E-state index contributed by atoms with van der Waals surface area (Å²) in [6, 6.07) is 8.76. The van der Waals surface area contributed by atoms with Crippen LogP contribution in [0.5, 0.6) is 5.75 Å². The van der Waals surface area contributed by atoms with Gasteiger partial charge < -0.3 is 14.3 Å². The average Bonchev–Trinajstić information content (AvgIpc) is 3.36. The van der Waals surface area contributed by atoms with E-state index in [0.717, 1.165) is 30.5 Å². The van der Waals surface area contributed by atoms with Crippen molar-refractivity contribution in [3.05, 3.63) is 66.3 Å². The number of hydrogen-bond donors (Lipinski definition) is 1. The summed E-state index contributed by atoms with van der Waals surface area (Å²) in [6.07, 6.45) is 9.83. The van der Waals surface area contributed by atoms with Gasteiger partial charge in [-0.2, -0.15) is 0 Å². The van der Waals surface area contributed by atoms with Gasteiger partial charge in [-0.15, -0.1) is 0 Å². The van der Waals surface area contributed by atoms with Crippen LogP contribution in [0.15, 0.2) is 49.1 Å². The molecule has 1 saturated heterocycles. The van der Waals surface area contributed by atoms with Gasteiger partial charge in [-0.05, 0) is 37.1 Å². The lowest BCUT2D eigenvalue weighted by Gasteiger charge is -2.23. The monoisotopic (exact) mass is 337 g/mol. The van der Waals surface area contributed by atoms with E-state index in [9.17, 15) is 0 Å². The van der Waals surface area contributed by atoms with Gasteiger partial charge in [0.05, 0.1) is 6.04 Å². The Morgan fingerprint density at radius 3 is 2.80 bits per heavy atom. The fourth-order valence-electron chi connectivity index (χ4n) is 3.39. The van der Waals surface area contributed by atoms with Gasteiger partial charge in [-0.1, -0.05) is 12.1 Å². The second kappa shape index (κ2) is 7.11. The summed E-state index contributed by atoms with van der Waals surface area (Å²) in [7, 11) is 1.97. The molecular formula is C19H23N5O. The molecule has 3 heterocycles. The number of nitrogens with one attached hydrogen (secondary N) is 1. The minimum absolute atomic E-state index is 0.398. The Labute approximate surface area is 147 Å². The van der Waals surface area contributed by atoms with Crippen LogP contribution in [0.1, 0.15) is 36.1 Å². The number of aromatic nitrogens is 4. The number of nitrogens with zero attached hydrogens (tertiary/aromatic N) is 4. The number of likely N-dealkylation sites (tertiary alicyclic amines) is 1. The second-order valence-corrected chi connectivity index (χ2v) is 6.49. The molecule has 0 saturated carbocycles. The van der Waals surface area contributed by atoms with Gasteiger partial charge in [0, 0.05) is 38.4 Å². The molecule has 0 bridgehead atoms. The zero-order valence-electron chi connectivity index (χ0n) is 14.4. The van der Waals surface area contributed by atoms with Crippen molar-refractivity contribution in [3.63, 3.8) is 0 Å². The molecule has 1 fully saturated rings. The Kier molecular flexibility index (Phi) is 4.52. The molecule has 0 aliphatic carbocycles. The van der Waals surface area contributed by atoms with Gasteiger partial charge in [0.1, 0.15) is 24.0 Å². The quantitative estimate of drug-likeness (QED) is 0.751. The molecule has 0 spiro atoms. The van der Waals surface area contributed by atoms with Crippen molar-refractivity contribution in [2.45, 2.75) is 32.0 Å². The lowest BCUT2D eigenvalue weighted by Crippen LogP contribution is -2.23. The van der Waals surface area contributed by atoms with Gasteiger partial charge in [0.2, 0.25) is 0 Å². The maximum Gasteiger partial charge on any atom is 0.146 e. The Morgan fingerprint density at radius 1 is 1.20 bits per heavy atom. The standard InChI is InChI=1S/C19H23N5O/c1-23-12-10-20-18(23)14-25-16-6-4-15(5-7-16)13-24-11-2-3-17(24)19-21-8-9-22-19/h4-10,12,17H,2-3,11,13-14H2,1H3,(H,21,22). The Balaban J connectivity index is 1.36. The molecule has 2 aromatic heterocycles. The highest BCUT2D eigenvalue weighted by molar-refractivity contribution is 5.27. The van der Waals surface area contributed by atoms with Crippen LogP contribution in [0.4, 0.5) is 0 Å². The normalized spacial score (nSPS) is 17.9. The van der Waals surface area contributed by atoms with Gasteiger partial charge in [-0.25, -0.2) is 9.97 Å². The molecular weight excluding hydrogens is 314 g/mol. The van der Waals surface area contributed by atoms with Gasteiger partial charge in [-0.3, -0.25) is 4.90 Å². The van der Waals surface area contributed by atoms with Gasteiger partial charge in [0.25, 0.3) is 0 Å². The number of benzene rings is 1. The summed E-state index contributed by atoms with van der Waals surface area (Å²) in [4.78, 5) is 14.5. The van der Waals surface area contributed by atoms with Gasteiger partial charge in [0.15, 0.2) is 0 Å². The Hall–Kier alpha value is -2.60. The number of aromatic amines is 1. The molecule has 130 valence electrons. The van der Waals surface area contributed by atoms with E-state index in [0.29, 0.717) is 12.6 Å². The largest absolute Gasteiger partial charge is 0.486 e. The summed E-state index contributed by atoms with van der Waals surface area (Å²) in [6.45, 7) is 2.53. The van der Waals surface area contributed by atoms with Crippen LogP contribution in [0.3, 0.4) is 0 Å². The van der Waals surface area contributed by atoms with Crippen molar-refractivity contribution in [2.24, 2.45) is 7.05 Å². The molecule has 1 aliphatic heterocycles. The highest BCUT2D eigenvalue weighted by Crippen LogP contribution is 2.31. The predicted octanol–water partition coefficient (Wildman–Crippen LogP) is 3.06. The predicted molar refractivity (Wildman–Crippen MR) is 95.0 cm³/mol. The van der Waals surface area contributed by atoms with Crippen LogP contribution in [-0.2, 0) is 20.2 Å². The molecule has 1 unspecified atom stereocenters. The van der Waals surface area contributed by atoms with E-state index in [1.807, 2.05) is 42.3 Å². The molecule has 1 aromatic carbocycles. The average molecular weight is 337 g/mol. The van der Waals surface area contributed by atoms with E-state index in [1.165, 1.54) is 18.4 Å². The van der Waals surface area contributed by atoms with E-state index in [2.05, 4.69) is 32.0 Å². The molecule has 6 heteroatoms. The molecule has 1 N–H and O–H groups in total. The van der Waals surface area contributed by atoms with Crippen molar-refractivity contribution >= 4 is 0 Å². The number of H-pyrrole nitrogens is 1. The fourth-order valence-corrected chi connectivity index (χ4v) is 3.39. The molecule has 0 radical (unpaired) electrons. The van der Waals surface area contributed by atoms with E-state index in [4.69, 9.17) is 4.74 Å². The minimum Gasteiger partial charge on any atom is -0.486 e. The maximum atomic E-state index is 5.82. The van der Waals surface area contributed by atoms with Crippen LogP contribution in [0, 0.1) is 0 Å². The topological polar surface area (TPSA) is 59.0 Å². The Bertz CT molecular complexity index is 794. The first-order chi connectivity index (χ1) is 12.3. The molecule has 3 aromatic rings. The molecule has 6 nitrogen and oxygen atoms in total. The summed E-state index contributed by atoms with van der Waals surface area (Å²) in [5.41, 5.74) is 1.29. The summed E-state index contributed by atoms with van der Waals surface area (Å²) in [5.74, 6) is 2.87. The lowest BCUT2D eigenvalue weighted by atomic mass is 10.1. The van der Waals surface area contributed by atoms with Crippen molar-refractivity contribution in [1.29, 1.82) is 0 Å². The molecule has 0 amide bonds. The van der Waals surface area contributed by atoms with E-state index in [-0.39, 0.29) is 0 Å². The third-order valence-corrected chi connectivity index (χ3v) is 4.80. The van der Waals surface area contributed by atoms with Crippen LogP contribution < -0.4 is 4.74 Å². The third-order valence-electron chi connectivity index (χ3n) is 4.80. The highest BCUT2D eigenvalue weighted by atomic mass is 16.5. The number of imidazole rings is 2. The third kappa shape index (κ3) is 3.58. The maximum absolute atomic E-state index is 5.82. The summed E-state index contributed by atoms with van der Waals surface area (Å²) < 4.78 is 7.79. The van der Waals surface area contributed by atoms with Crippen molar-refractivity contribution in [3.8, 4) is 5.75 Å². The number of ether oxygens (including phenoxy) is 1. The zero-order chi connectivity index (χ0) is 17.1. The van der Waals surface area contributed by atoms with Crippen LogP contribution >= 0.6 is 0 Å².